The minimum atomic E-state index is -0.964. The van der Waals surface area contributed by atoms with Crippen LogP contribution in [0.25, 0.3) is 0 Å². The highest BCUT2D eigenvalue weighted by Gasteiger charge is 2.45. The molecule has 2 aliphatic rings. The van der Waals surface area contributed by atoms with E-state index in [0.29, 0.717) is 0 Å². The van der Waals surface area contributed by atoms with E-state index >= 15 is 0 Å². The van der Waals surface area contributed by atoms with Gasteiger partial charge in [-0.25, -0.2) is 0 Å². The number of nitrogens with one attached hydrogen (secondary N) is 1. The molecule has 0 saturated carbocycles. The molecule has 11 heavy (non-hydrogen) atoms. The lowest BCUT2D eigenvalue weighted by Crippen LogP contribution is -2.60. The van der Waals surface area contributed by atoms with Crippen LogP contribution in [0.4, 0.5) is 0 Å². The molecule has 2 rings (SSSR count). The molecule has 2 aliphatic heterocycles. The number of aliphatic hydroxyl groups excluding tert-OH is 3. The van der Waals surface area contributed by atoms with Gasteiger partial charge in [0.25, 0.3) is 0 Å². The normalized spacial score (nSPS) is 56.5. The second-order valence-electron chi connectivity index (χ2n) is 3.43. The first-order valence-electron chi connectivity index (χ1n) is 4.00. The fourth-order valence-electron chi connectivity index (χ4n) is 2.02. The smallest absolute Gasteiger partial charge is 0.109 e. The minimum absolute atomic E-state index is 0.0154. The van der Waals surface area contributed by atoms with Crippen LogP contribution in [-0.2, 0) is 0 Å². The molecule has 0 radical (unpaired) electrons. The van der Waals surface area contributed by atoms with Crippen LogP contribution in [-0.4, -0.2) is 45.7 Å². The van der Waals surface area contributed by atoms with Crippen molar-refractivity contribution in [3.8, 4) is 0 Å². The summed E-state index contributed by atoms with van der Waals surface area (Å²) < 4.78 is 0. The molecule has 4 heteroatoms. The fourth-order valence-corrected chi connectivity index (χ4v) is 2.02. The van der Waals surface area contributed by atoms with Gasteiger partial charge in [-0.2, -0.15) is 0 Å². The Bertz CT molecular complexity index is 144. The molecular formula is C7H13NO3. The van der Waals surface area contributed by atoms with Gasteiger partial charge in [0.2, 0.25) is 0 Å². The van der Waals surface area contributed by atoms with E-state index in [9.17, 15) is 15.3 Å². The first-order valence-corrected chi connectivity index (χ1v) is 4.00. The molecule has 5 atom stereocenters. The topological polar surface area (TPSA) is 72.7 Å². The van der Waals surface area contributed by atoms with E-state index in [4.69, 9.17) is 0 Å². The van der Waals surface area contributed by atoms with Crippen molar-refractivity contribution in [1.82, 2.24) is 5.32 Å². The number of hydrogen-bond acceptors (Lipinski definition) is 4. The van der Waals surface area contributed by atoms with Crippen molar-refractivity contribution >= 4 is 0 Å². The van der Waals surface area contributed by atoms with Gasteiger partial charge in [0.1, 0.15) is 6.10 Å². The van der Waals surface area contributed by atoms with Crippen molar-refractivity contribution in [2.75, 3.05) is 0 Å². The van der Waals surface area contributed by atoms with Crippen LogP contribution in [0.5, 0.6) is 0 Å². The summed E-state index contributed by atoms with van der Waals surface area (Å²) in [5.74, 6) is 0. The summed E-state index contributed by atoms with van der Waals surface area (Å²) in [7, 11) is 0. The molecule has 2 saturated heterocycles. The zero-order valence-electron chi connectivity index (χ0n) is 6.14. The van der Waals surface area contributed by atoms with Crippen molar-refractivity contribution < 1.29 is 15.3 Å². The summed E-state index contributed by atoms with van der Waals surface area (Å²) in [4.78, 5) is 0. The van der Waals surface area contributed by atoms with Crippen molar-refractivity contribution in [3.63, 3.8) is 0 Å². The van der Waals surface area contributed by atoms with Gasteiger partial charge < -0.3 is 20.6 Å². The highest BCUT2D eigenvalue weighted by atomic mass is 16.4. The number of rotatable bonds is 0. The molecule has 0 aromatic heterocycles. The average Bonchev–Trinajstić information content (AvgIpc) is 2.44. The van der Waals surface area contributed by atoms with Crippen LogP contribution in [0, 0.1) is 0 Å². The number of fused-ring (bicyclic) bond motifs is 2. The second kappa shape index (κ2) is 2.42. The van der Waals surface area contributed by atoms with Gasteiger partial charge in [-0.15, -0.1) is 0 Å². The third-order valence-corrected chi connectivity index (χ3v) is 2.74. The Labute approximate surface area is 64.8 Å². The van der Waals surface area contributed by atoms with Crippen molar-refractivity contribution in [2.45, 2.75) is 43.2 Å². The molecule has 1 unspecified atom stereocenters. The molecule has 0 aromatic carbocycles. The van der Waals surface area contributed by atoms with Gasteiger partial charge >= 0.3 is 0 Å². The van der Waals surface area contributed by atoms with Crippen LogP contribution in [0.2, 0.25) is 0 Å². The van der Waals surface area contributed by atoms with E-state index in [2.05, 4.69) is 5.32 Å². The molecular weight excluding hydrogens is 146 g/mol. The minimum Gasteiger partial charge on any atom is -0.389 e. The molecule has 0 spiro atoms. The average molecular weight is 159 g/mol. The van der Waals surface area contributed by atoms with Gasteiger partial charge in [0.05, 0.1) is 12.2 Å². The van der Waals surface area contributed by atoms with E-state index in [-0.39, 0.29) is 12.1 Å². The van der Waals surface area contributed by atoms with E-state index < -0.39 is 18.3 Å². The molecule has 4 N–H and O–H groups in total. The maximum absolute atomic E-state index is 9.36. The number of hydrogen-bond donors (Lipinski definition) is 4. The standard InChI is InChI=1S/C7H13NO3/c9-5-3-1-2-4(8-3)6(10)7(5)11/h3-11H,1-2H2/t3-,4+,5-,6-,7?/m1/s1. The Kier molecular flexibility index (Phi) is 1.64. The molecule has 2 fully saturated rings. The van der Waals surface area contributed by atoms with Gasteiger partial charge in [-0.1, -0.05) is 0 Å². The zero-order chi connectivity index (χ0) is 8.01. The van der Waals surface area contributed by atoms with Gasteiger partial charge in [0.15, 0.2) is 0 Å². The summed E-state index contributed by atoms with van der Waals surface area (Å²) in [6.07, 6.45) is -0.874. The summed E-state index contributed by atoms with van der Waals surface area (Å²) >= 11 is 0. The highest BCUT2D eigenvalue weighted by molar-refractivity contribution is 5.03. The van der Waals surface area contributed by atoms with Gasteiger partial charge in [-0.05, 0) is 12.8 Å². The number of aliphatic hydroxyl groups is 3. The molecule has 0 amide bonds. The molecule has 0 aliphatic carbocycles. The largest absolute Gasteiger partial charge is 0.389 e. The first-order chi connectivity index (χ1) is 5.20. The van der Waals surface area contributed by atoms with Crippen molar-refractivity contribution in [1.29, 1.82) is 0 Å². The molecule has 64 valence electrons. The predicted octanol–water partition coefficient (Wildman–Crippen LogP) is -1.80. The Morgan fingerprint density at radius 2 is 1.27 bits per heavy atom. The summed E-state index contributed by atoms with van der Waals surface area (Å²) in [6.45, 7) is 0. The number of piperidine rings is 1. The van der Waals surface area contributed by atoms with Gasteiger partial charge in [0, 0.05) is 12.1 Å². The lowest BCUT2D eigenvalue weighted by molar-refractivity contribution is -0.0973. The monoisotopic (exact) mass is 159 g/mol. The molecule has 4 nitrogen and oxygen atoms in total. The van der Waals surface area contributed by atoms with Crippen LogP contribution in [0.3, 0.4) is 0 Å². The molecule has 2 bridgehead atoms. The molecule has 2 heterocycles. The lowest BCUT2D eigenvalue weighted by atomic mass is 9.97. The predicted molar refractivity (Wildman–Crippen MR) is 38.0 cm³/mol. The van der Waals surface area contributed by atoms with E-state index in [1.807, 2.05) is 0 Å². The van der Waals surface area contributed by atoms with E-state index in [1.165, 1.54) is 0 Å². The third-order valence-electron chi connectivity index (χ3n) is 2.74. The Morgan fingerprint density at radius 1 is 0.818 bits per heavy atom. The quantitative estimate of drug-likeness (QED) is 0.336. The van der Waals surface area contributed by atoms with Crippen LogP contribution < -0.4 is 5.32 Å². The van der Waals surface area contributed by atoms with Crippen molar-refractivity contribution in [2.24, 2.45) is 0 Å². The highest BCUT2D eigenvalue weighted by Crippen LogP contribution is 2.27. The van der Waals surface area contributed by atoms with Crippen molar-refractivity contribution in [3.05, 3.63) is 0 Å². The van der Waals surface area contributed by atoms with E-state index in [0.717, 1.165) is 12.8 Å². The first kappa shape index (κ1) is 7.49. The Morgan fingerprint density at radius 3 is 1.73 bits per heavy atom. The van der Waals surface area contributed by atoms with E-state index in [1.54, 1.807) is 0 Å². The van der Waals surface area contributed by atoms with Crippen LogP contribution in [0.1, 0.15) is 12.8 Å². The molecule has 0 aromatic rings. The van der Waals surface area contributed by atoms with Crippen LogP contribution in [0.15, 0.2) is 0 Å². The van der Waals surface area contributed by atoms with Gasteiger partial charge in [-0.3, -0.25) is 0 Å². The third kappa shape index (κ3) is 0.980. The fraction of sp³-hybridized carbons (Fsp3) is 1.00. The summed E-state index contributed by atoms with van der Waals surface area (Å²) in [5.41, 5.74) is 0. The van der Waals surface area contributed by atoms with Crippen LogP contribution >= 0.6 is 0 Å². The Hall–Kier alpha value is -0.160. The SMILES string of the molecule is OC1[C@H](O)[C@@H]2CC[C@@H](N2)[C@H]1O. The Balaban J connectivity index is 2.16. The summed E-state index contributed by atoms with van der Waals surface area (Å²) in [6, 6.07) is -0.0307. The zero-order valence-corrected chi connectivity index (χ0v) is 6.14. The maximum atomic E-state index is 9.36. The summed E-state index contributed by atoms with van der Waals surface area (Å²) in [5, 5.41) is 31.1. The lowest BCUT2D eigenvalue weighted by Gasteiger charge is -2.35. The second-order valence-corrected chi connectivity index (χ2v) is 3.43. The maximum Gasteiger partial charge on any atom is 0.109 e.